The van der Waals surface area contributed by atoms with Crippen LogP contribution in [0.25, 0.3) is 0 Å². The number of hydrogen-bond acceptors (Lipinski definition) is 7. The number of nitrogens with zero attached hydrogens (tertiary/aromatic N) is 2. The third-order valence-electron chi connectivity index (χ3n) is 3.69. The molecular weight excluding hydrogens is 320 g/mol. The molecule has 130 valence electrons. The summed E-state index contributed by atoms with van der Waals surface area (Å²) in [5.74, 6) is 0. The molecule has 0 unspecified atom stereocenters. The molecule has 0 amide bonds. The Hall–Kier alpha value is -2.74. The van der Waals surface area contributed by atoms with E-state index in [0.717, 1.165) is 11.4 Å². The molecule has 1 aliphatic heterocycles. The second kappa shape index (κ2) is 8.39. The maximum atomic E-state index is 10.1. The molecular formula is C18H20N4O3. The van der Waals surface area contributed by atoms with E-state index < -0.39 is 18.3 Å². The van der Waals surface area contributed by atoms with E-state index in [0.29, 0.717) is 5.71 Å². The quantitative estimate of drug-likeness (QED) is 0.474. The number of anilines is 2. The molecule has 0 radical (unpaired) electrons. The smallest absolute Gasteiger partial charge is 0.131 e. The van der Waals surface area contributed by atoms with Gasteiger partial charge in [0, 0.05) is 0 Å². The van der Waals surface area contributed by atoms with Gasteiger partial charge in [-0.1, -0.05) is 36.4 Å². The van der Waals surface area contributed by atoms with E-state index in [9.17, 15) is 10.2 Å². The lowest BCUT2D eigenvalue weighted by molar-refractivity contribution is 0.0476. The minimum Gasteiger partial charge on any atom is -0.388 e. The molecule has 7 heteroatoms. The van der Waals surface area contributed by atoms with Crippen LogP contribution < -0.4 is 10.9 Å². The number of aliphatic hydroxyl groups is 2. The summed E-state index contributed by atoms with van der Waals surface area (Å²) in [6, 6.07) is 18.8. The summed E-state index contributed by atoms with van der Waals surface area (Å²) in [7, 11) is 0. The fraction of sp³-hybridized carbons (Fsp3) is 0.222. The van der Waals surface area contributed by atoms with Crippen molar-refractivity contribution in [1.82, 2.24) is 0 Å². The van der Waals surface area contributed by atoms with Crippen molar-refractivity contribution in [3.63, 3.8) is 0 Å². The number of hydrazone groups is 2. The summed E-state index contributed by atoms with van der Waals surface area (Å²) < 4.78 is 5.44. The molecule has 1 fully saturated rings. The van der Waals surface area contributed by atoms with E-state index in [4.69, 9.17) is 4.74 Å². The Kier molecular flexibility index (Phi) is 5.73. The van der Waals surface area contributed by atoms with Crippen molar-refractivity contribution in [3.05, 3.63) is 60.7 Å². The van der Waals surface area contributed by atoms with Gasteiger partial charge in [-0.05, 0) is 24.3 Å². The Bertz CT molecular complexity index is 722. The number of ether oxygens (including phenoxy) is 1. The summed E-state index contributed by atoms with van der Waals surface area (Å²) in [6.07, 6.45) is -1.29. The summed E-state index contributed by atoms with van der Waals surface area (Å²) in [6.45, 7) is 0.0517. The van der Waals surface area contributed by atoms with Crippen molar-refractivity contribution in [2.24, 2.45) is 10.2 Å². The maximum Gasteiger partial charge on any atom is 0.131 e. The van der Waals surface area contributed by atoms with Gasteiger partial charge in [0.05, 0.1) is 24.2 Å². The molecule has 0 aromatic heterocycles. The topological polar surface area (TPSA) is 98.5 Å². The minimum absolute atomic E-state index is 0.0517. The lowest BCUT2D eigenvalue weighted by atomic mass is 10.1. The Labute approximate surface area is 145 Å². The average Bonchev–Trinajstić information content (AvgIpc) is 2.99. The Morgan fingerprint density at radius 2 is 1.56 bits per heavy atom. The maximum absolute atomic E-state index is 10.1. The summed E-state index contributed by atoms with van der Waals surface area (Å²) in [5, 5.41) is 28.2. The summed E-state index contributed by atoms with van der Waals surface area (Å²) in [4.78, 5) is 0. The number of hydrogen-bond donors (Lipinski definition) is 4. The number of rotatable bonds is 6. The Morgan fingerprint density at radius 3 is 2.12 bits per heavy atom. The van der Waals surface area contributed by atoms with Crippen molar-refractivity contribution in [2.75, 3.05) is 17.5 Å². The molecule has 3 atom stereocenters. The molecule has 25 heavy (non-hydrogen) atoms. The van der Waals surface area contributed by atoms with Gasteiger partial charge in [0.15, 0.2) is 0 Å². The normalized spacial score (nSPS) is 23.8. The average molecular weight is 340 g/mol. The van der Waals surface area contributed by atoms with Crippen molar-refractivity contribution in [3.8, 4) is 0 Å². The molecule has 1 aliphatic rings. The van der Waals surface area contributed by atoms with E-state index in [2.05, 4.69) is 21.1 Å². The van der Waals surface area contributed by atoms with Gasteiger partial charge in [0.2, 0.25) is 0 Å². The summed E-state index contributed by atoms with van der Waals surface area (Å²) in [5.41, 5.74) is 7.77. The molecule has 7 nitrogen and oxygen atoms in total. The highest BCUT2D eigenvalue weighted by Gasteiger charge is 2.37. The van der Waals surface area contributed by atoms with Gasteiger partial charge in [0.25, 0.3) is 0 Å². The molecule has 0 aliphatic carbocycles. The molecule has 0 bridgehead atoms. The van der Waals surface area contributed by atoms with E-state index in [1.807, 2.05) is 60.7 Å². The Balaban J connectivity index is 1.74. The van der Waals surface area contributed by atoms with E-state index in [1.165, 1.54) is 6.21 Å². The van der Waals surface area contributed by atoms with Gasteiger partial charge in [-0.15, -0.1) is 0 Å². The van der Waals surface area contributed by atoms with Crippen molar-refractivity contribution >= 4 is 23.3 Å². The third-order valence-corrected chi connectivity index (χ3v) is 3.69. The molecule has 4 N–H and O–H groups in total. The van der Waals surface area contributed by atoms with Crippen molar-refractivity contribution < 1.29 is 14.9 Å². The lowest BCUT2D eigenvalue weighted by Crippen LogP contribution is -2.37. The van der Waals surface area contributed by atoms with Gasteiger partial charge >= 0.3 is 0 Å². The first kappa shape index (κ1) is 17.1. The Morgan fingerprint density at radius 1 is 0.960 bits per heavy atom. The van der Waals surface area contributed by atoms with E-state index in [-0.39, 0.29) is 6.61 Å². The number of nitrogens with one attached hydrogen (secondary N) is 2. The predicted molar refractivity (Wildman–Crippen MR) is 97.8 cm³/mol. The van der Waals surface area contributed by atoms with Crippen LogP contribution in [0.15, 0.2) is 70.9 Å². The highest BCUT2D eigenvalue weighted by atomic mass is 16.5. The van der Waals surface area contributed by atoms with Crippen LogP contribution in [-0.2, 0) is 4.74 Å². The van der Waals surface area contributed by atoms with Gasteiger partial charge in [-0.3, -0.25) is 10.9 Å². The molecule has 3 rings (SSSR count). The number of aliphatic hydroxyl groups excluding tert-OH is 2. The van der Waals surface area contributed by atoms with Crippen molar-refractivity contribution in [2.45, 2.75) is 18.3 Å². The molecule has 2 aromatic carbocycles. The first-order valence-electron chi connectivity index (χ1n) is 7.94. The van der Waals surface area contributed by atoms with Crippen LogP contribution in [0.4, 0.5) is 11.4 Å². The van der Waals surface area contributed by atoms with Gasteiger partial charge in [-0.25, -0.2) is 0 Å². The largest absolute Gasteiger partial charge is 0.388 e. The lowest BCUT2D eigenvalue weighted by Gasteiger charge is -2.15. The second-order valence-corrected chi connectivity index (χ2v) is 5.56. The molecule has 1 saturated heterocycles. The first-order valence-corrected chi connectivity index (χ1v) is 7.94. The standard InChI is InChI=1S/C18H20N4O3/c23-16-12-25-18(17(16)24)15(22-21-14-9-5-2-6-10-14)11-19-20-13-7-3-1-4-8-13/h1-11,16-18,20-21,23-24H,12H2/b19-11+,22-15-/t16-,17-,18+/m1/s1. The first-order chi connectivity index (χ1) is 12.2. The van der Waals surface area contributed by atoms with Crippen LogP contribution in [0.5, 0.6) is 0 Å². The van der Waals surface area contributed by atoms with Crippen LogP contribution in [0.1, 0.15) is 0 Å². The molecule has 0 spiro atoms. The second-order valence-electron chi connectivity index (χ2n) is 5.56. The zero-order valence-electron chi connectivity index (χ0n) is 13.5. The number of benzene rings is 2. The minimum atomic E-state index is -1.06. The SMILES string of the molecule is O[C@@H]1[C@H](O)CO[C@H]1C(/C=N/Nc1ccccc1)=N\Nc1ccccc1. The highest BCUT2D eigenvalue weighted by molar-refractivity contribution is 6.33. The zero-order valence-corrected chi connectivity index (χ0v) is 13.5. The zero-order chi connectivity index (χ0) is 17.5. The number of para-hydroxylation sites is 2. The third kappa shape index (κ3) is 4.63. The van der Waals surface area contributed by atoms with Crippen LogP contribution in [0, 0.1) is 0 Å². The van der Waals surface area contributed by atoms with Gasteiger partial charge < -0.3 is 14.9 Å². The molecule has 0 saturated carbocycles. The van der Waals surface area contributed by atoms with Crippen LogP contribution in [0.3, 0.4) is 0 Å². The van der Waals surface area contributed by atoms with Crippen LogP contribution >= 0.6 is 0 Å². The molecule has 2 aromatic rings. The fourth-order valence-electron chi connectivity index (χ4n) is 2.35. The highest BCUT2D eigenvalue weighted by Crippen LogP contribution is 2.16. The predicted octanol–water partition coefficient (Wildman–Crippen LogP) is 1.67. The summed E-state index contributed by atoms with van der Waals surface area (Å²) >= 11 is 0. The monoisotopic (exact) mass is 340 g/mol. The van der Waals surface area contributed by atoms with E-state index in [1.54, 1.807) is 0 Å². The van der Waals surface area contributed by atoms with E-state index >= 15 is 0 Å². The van der Waals surface area contributed by atoms with Gasteiger partial charge in [0.1, 0.15) is 24.0 Å². The van der Waals surface area contributed by atoms with Crippen LogP contribution in [0.2, 0.25) is 0 Å². The van der Waals surface area contributed by atoms with Crippen LogP contribution in [-0.4, -0.2) is 47.1 Å². The van der Waals surface area contributed by atoms with Gasteiger partial charge in [-0.2, -0.15) is 10.2 Å². The fourth-order valence-corrected chi connectivity index (χ4v) is 2.35. The van der Waals surface area contributed by atoms with Crippen molar-refractivity contribution in [1.29, 1.82) is 0 Å². The molecule has 1 heterocycles.